The van der Waals surface area contributed by atoms with Crippen LogP contribution in [0.15, 0.2) is 37.0 Å². The van der Waals surface area contributed by atoms with Gasteiger partial charge >= 0.3 is 0 Å². The summed E-state index contributed by atoms with van der Waals surface area (Å²) in [7, 11) is 0. The molecule has 0 aliphatic carbocycles. The Morgan fingerprint density at radius 3 is 2.70 bits per heavy atom. The molecule has 1 N–H and O–H groups in total. The van der Waals surface area contributed by atoms with Crippen LogP contribution < -0.4 is 0 Å². The van der Waals surface area contributed by atoms with E-state index in [0.717, 1.165) is 5.57 Å². The highest BCUT2D eigenvalue weighted by molar-refractivity contribution is 5.13. The van der Waals surface area contributed by atoms with E-state index in [9.17, 15) is 0 Å². The standard InChI is InChI=1S/C9H14O/c1-4-6-9(10)7-8(3)5-2/h4-6,9-10H,2-3,7H2,1H3/b6-4+. The van der Waals surface area contributed by atoms with Gasteiger partial charge < -0.3 is 5.11 Å². The summed E-state index contributed by atoms with van der Waals surface area (Å²) in [5, 5.41) is 9.16. The van der Waals surface area contributed by atoms with Crippen LogP contribution in [0.5, 0.6) is 0 Å². The molecule has 1 unspecified atom stereocenters. The van der Waals surface area contributed by atoms with Crippen molar-refractivity contribution in [1.29, 1.82) is 0 Å². The summed E-state index contributed by atoms with van der Waals surface area (Å²) >= 11 is 0. The number of allylic oxidation sites excluding steroid dienone is 2. The third-order valence-corrected chi connectivity index (χ3v) is 1.17. The highest BCUT2D eigenvalue weighted by Gasteiger charge is 1.97. The van der Waals surface area contributed by atoms with Gasteiger partial charge in [-0.15, -0.1) is 0 Å². The first kappa shape index (κ1) is 9.18. The Morgan fingerprint density at radius 1 is 1.70 bits per heavy atom. The average Bonchev–Trinajstić information content (AvgIpc) is 1.88. The minimum Gasteiger partial charge on any atom is -0.389 e. The predicted octanol–water partition coefficient (Wildman–Crippen LogP) is 2.06. The fourth-order valence-corrected chi connectivity index (χ4v) is 0.642. The highest BCUT2D eigenvalue weighted by Crippen LogP contribution is 2.04. The van der Waals surface area contributed by atoms with Gasteiger partial charge in [-0.2, -0.15) is 0 Å². The van der Waals surface area contributed by atoms with Crippen LogP contribution >= 0.6 is 0 Å². The van der Waals surface area contributed by atoms with Gasteiger partial charge in [0.1, 0.15) is 0 Å². The van der Waals surface area contributed by atoms with E-state index in [1.807, 2.05) is 13.0 Å². The minimum atomic E-state index is -0.407. The Morgan fingerprint density at radius 2 is 2.30 bits per heavy atom. The van der Waals surface area contributed by atoms with Crippen LogP contribution in [0.1, 0.15) is 13.3 Å². The van der Waals surface area contributed by atoms with Crippen molar-refractivity contribution in [3.05, 3.63) is 37.0 Å². The minimum absolute atomic E-state index is 0.407. The molecule has 0 radical (unpaired) electrons. The van der Waals surface area contributed by atoms with Gasteiger partial charge in [0.05, 0.1) is 6.10 Å². The Bertz CT molecular complexity index is 145. The van der Waals surface area contributed by atoms with Gasteiger partial charge in [0.25, 0.3) is 0 Å². The normalized spacial score (nSPS) is 13.4. The second kappa shape index (κ2) is 5.00. The SMILES string of the molecule is C=CC(=C)CC(O)/C=C/C. The molecule has 0 aromatic rings. The largest absolute Gasteiger partial charge is 0.389 e. The van der Waals surface area contributed by atoms with Gasteiger partial charge in [-0.3, -0.25) is 0 Å². The zero-order valence-electron chi connectivity index (χ0n) is 6.38. The molecule has 0 saturated carbocycles. The molecule has 0 rings (SSSR count). The zero-order chi connectivity index (χ0) is 7.98. The van der Waals surface area contributed by atoms with Crippen LogP contribution in [0.3, 0.4) is 0 Å². The Hall–Kier alpha value is -0.820. The molecule has 0 heterocycles. The number of aliphatic hydroxyl groups is 1. The molecule has 0 saturated heterocycles. The lowest BCUT2D eigenvalue weighted by Crippen LogP contribution is -2.01. The van der Waals surface area contributed by atoms with Crippen LogP contribution in [-0.4, -0.2) is 11.2 Å². The van der Waals surface area contributed by atoms with Gasteiger partial charge in [0.2, 0.25) is 0 Å². The summed E-state index contributed by atoms with van der Waals surface area (Å²) in [5.41, 5.74) is 0.866. The second-order valence-electron chi connectivity index (χ2n) is 2.16. The van der Waals surface area contributed by atoms with Gasteiger partial charge in [0, 0.05) is 6.42 Å². The molecule has 1 atom stereocenters. The molecule has 0 bridgehead atoms. The summed E-state index contributed by atoms with van der Waals surface area (Å²) in [5.74, 6) is 0. The van der Waals surface area contributed by atoms with Crippen molar-refractivity contribution < 1.29 is 5.11 Å². The average molecular weight is 138 g/mol. The number of aliphatic hydroxyl groups excluding tert-OH is 1. The van der Waals surface area contributed by atoms with Crippen molar-refractivity contribution in [1.82, 2.24) is 0 Å². The number of rotatable bonds is 4. The molecular formula is C9H14O. The highest BCUT2D eigenvalue weighted by atomic mass is 16.3. The van der Waals surface area contributed by atoms with Crippen molar-refractivity contribution in [2.75, 3.05) is 0 Å². The molecule has 0 amide bonds. The van der Waals surface area contributed by atoms with Crippen molar-refractivity contribution in [3.8, 4) is 0 Å². The molecule has 1 nitrogen and oxygen atoms in total. The lowest BCUT2D eigenvalue weighted by atomic mass is 10.1. The van der Waals surface area contributed by atoms with Crippen molar-refractivity contribution in [3.63, 3.8) is 0 Å². The predicted molar refractivity (Wildman–Crippen MR) is 44.8 cm³/mol. The Balaban J connectivity index is 3.67. The number of hydrogen-bond acceptors (Lipinski definition) is 1. The maximum absolute atomic E-state index is 9.16. The fraction of sp³-hybridized carbons (Fsp3) is 0.333. The summed E-state index contributed by atoms with van der Waals surface area (Å²) < 4.78 is 0. The van der Waals surface area contributed by atoms with E-state index >= 15 is 0 Å². The molecule has 10 heavy (non-hydrogen) atoms. The van der Waals surface area contributed by atoms with Crippen molar-refractivity contribution in [2.24, 2.45) is 0 Å². The maximum atomic E-state index is 9.16. The quantitative estimate of drug-likeness (QED) is 0.465. The Labute approximate surface area is 62.4 Å². The van der Waals surface area contributed by atoms with Crippen LogP contribution in [-0.2, 0) is 0 Å². The van der Waals surface area contributed by atoms with Crippen molar-refractivity contribution in [2.45, 2.75) is 19.4 Å². The molecule has 0 aromatic carbocycles. The van der Waals surface area contributed by atoms with E-state index in [1.165, 1.54) is 0 Å². The van der Waals surface area contributed by atoms with E-state index in [2.05, 4.69) is 13.2 Å². The summed E-state index contributed by atoms with van der Waals surface area (Å²) in [4.78, 5) is 0. The fourth-order valence-electron chi connectivity index (χ4n) is 0.642. The molecular weight excluding hydrogens is 124 g/mol. The van der Waals surface area contributed by atoms with Crippen molar-refractivity contribution >= 4 is 0 Å². The summed E-state index contributed by atoms with van der Waals surface area (Å²) in [6.07, 6.45) is 5.38. The second-order valence-corrected chi connectivity index (χ2v) is 2.16. The molecule has 0 spiro atoms. The van der Waals surface area contributed by atoms with Crippen LogP contribution in [0.4, 0.5) is 0 Å². The maximum Gasteiger partial charge on any atom is 0.0760 e. The van der Waals surface area contributed by atoms with E-state index < -0.39 is 6.10 Å². The molecule has 0 aliphatic heterocycles. The smallest absolute Gasteiger partial charge is 0.0760 e. The summed E-state index contributed by atoms with van der Waals surface area (Å²) in [6.45, 7) is 9.10. The molecule has 0 aliphatic rings. The van der Waals surface area contributed by atoms with Gasteiger partial charge in [0.15, 0.2) is 0 Å². The molecule has 56 valence electrons. The molecule has 0 fully saturated rings. The monoisotopic (exact) mass is 138 g/mol. The third-order valence-electron chi connectivity index (χ3n) is 1.17. The van der Waals surface area contributed by atoms with E-state index in [4.69, 9.17) is 5.11 Å². The number of hydrogen-bond donors (Lipinski definition) is 1. The van der Waals surface area contributed by atoms with Crippen LogP contribution in [0.25, 0.3) is 0 Å². The van der Waals surface area contributed by atoms with Gasteiger partial charge in [-0.1, -0.05) is 37.0 Å². The van der Waals surface area contributed by atoms with Gasteiger partial charge in [-0.05, 0) is 6.92 Å². The lowest BCUT2D eigenvalue weighted by molar-refractivity contribution is 0.224. The van der Waals surface area contributed by atoms with Crippen LogP contribution in [0, 0.1) is 0 Å². The third kappa shape index (κ3) is 4.10. The first-order valence-corrected chi connectivity index (χ1v) is 3.31. The topological polar surface area (TPSA) is 20.2 Å². The lowest BCUT2D eigenvalue weighted by Gasteiger charge is -2.03. The van der Waals surface area contributed by atoms with E-state index in [-0.39, 0.29) is 0 Å². The van der Waals surface area contributed by atoms with E-state index in [1.54, 1.807) is 12.2 Å². The zero-order valence-corrected chi connectivity index (χ0v) is 6.38. The molecule has 0 aromatic heterocycles. The van der Waals surface area contributed by atoms with Crippen LogP contribution in [0.2, 0.25) is 0 Å². The Kier molecular flexibility index (Phi) is 4.59. The molecule has 1 heteroatoms. The van der Waals surface area contributed by atoms with E-state index in [0.29, 0.717) is 6.42 Å². The first-order valence-electron chi connectivity index (χ1n) is 3.31. The summed E-state index contributed by atoms with van der Waals surface area (Å²) in [6, 6.07) is 0. The first-order chi connectivity index (χ1) is 4.70. The van der Waals surface area contributed by atoms with Gasteiger partial charge in [-0.25, -0.2) is 0 Å².